The molecular weight excluding hydrogens is 575 g/mol. The number of aryl methyl sites for hydroxylation is 1. The Labute approximate surface area is 246 Å². The van der Waals surface area contributed by atoms with Crippen molar-refractivity contribution in [2.24, 2.45) is 0 Å². The molecule has 1 aliphatic rings. The van der Waals surface area contributed by atoms with Crippen LogP contribution >= 0.6 is 0 Å². The molecule has 1 N–H and O–H groups in total. The SMILES string of the molecule is Cc1ccc(S(=O)(=O)n2c3c(c4ccccc42)CCN(C(=O)O)C(n2cccc(OCc4ccc(F)cn4)c2=O)C3)cc1. The second-order valence-corrected chi connectivity index (χ2v) is 12.1. The Morgan fingerprint density at radius 1 is 1.07 bits per heavy atom. The summed E-state index contributed by atoms with van der Waals surface area (Å²) in [6.45, 7) is 1.78. The van der Waals surface area contributed by atoms with Gasteiger partial charge in [0.25, 0.3) is 15.6 Å². The second-order valence-electron chi connectivity index (χ2n) is 10.3. The van der Waals surface area contributed by atoms with Crippen molar-refractivity contribution >= 4 is 27.0 Å². The molecule has 2 aromatic carbocycles. The minimum absolute atomic E-state index is 0.0304. The molecule has 1 amide bonds. The number of pyridine rings is 2. The van der Waals surface area contributed by atoms with Gasteiger partial charge in [-0.1, -0.05) is 35.9 Å². The number of para-hydroxylation sites is 1. The van der Waals surface area contributed by atoms with Crippen molar-refractivity contribution in [1.29, 1.82) is 0 Å². The van der Waals surface area contributed by atoms with Gasteiger partial charge in [0, 0.05) is 30.2 Å². The predicted octanol–water partition coefficient (Wildman–Crippen LogP) is 4.74. The molecule has 43 heavy (non-hydrogen) atoms. The number of carbonyl (C=O) groups is 1. The van der Waals surface area contributed by atoms with Crippen molar-refractivity contribution in [1.82, 2.24) is 18.4 Å². The Balaban J connectivity index is 1.46. The maximum Gasteiger partial charge on any atom is 0.408 e. The van der Waals surface area contributed by atoms with E-state index < -0.39 is 33.7 Å². The van der Waals surface area contributed by atoms with E-state index in [0.29, 0.717) is 27.9 Å². The molecular formula is C31H27FN4O6S. The number of aromatic nitrogens is 3. The van der Waals surface area contributed by atoms with E-state index in [2.05, 4.69) is 4.98 Å². The van der Waals surface area contributed by atoms with Crippen molar-refractivity contribution in [3.05, 3.63) is 124 Å². The summed E-state index contributed by atoms with van der Waals surface area (Å²) < 4.78 is 49.8. The minimum Gasteiger partial charge on any atom is -0.482 e. The average molecular weight is 603 g/mol. The minimum atomic E-state index is -4.10. The lowest BCUT2D eigenvalue weighted by molar-refractivity contribution is 0.102. The average Bonchev–Trinajstić information content (AvgIpc) is 3.17. The summed E-state index contributed by atoms with van der Waals surface area (Å²) in [5.74, 6) is -0.564. The first-order valence-electron chi connectivity index (χ1n) is 13.5. The zero-order valence-electron chi connectivity index (χ0n) is 23.1. The Morgan fingerprint density at radius 3 is 2.56 bits per heavy atom. The molecule has 0 spiro atoms. The molecule has 0 aliphatic carbocycles. The predicted molar refractivity (Wildman–Crippen MR) is 156 cm³/mol. The van der Waals surface area contributed by atoms with E-state index in [0.717, 1.165) is 16.7 Å². The number of ether oxygens (including phenoxy) is 1. The lowest BCUT2D eigenvalue weighted by atomic mass is 10.1. The standard InChI is InChI=1S/C31H27FN4O6S/c1-20-8-12-23(13-9-20)43(40,41)36-26-6-3-2-5-24(26)25-14-16-35(31(38)39)29(17-27(25)36)34-15-4-7-28(30(34)37)42-19-22-11-10-21(32)18-33-22/h2-13,15,18,29H,14,16-17,19H2,1H3,(H,38,39). The van der Waals surface area contributed by atoms with Gasteiger partial charge in [-0.25, -0.2) is 21.6 Å². The zero-order valence-corrected chi connectivity index (χ0v) is 23.9. The van der Waals surface area contributed by atoms with E-state index in [9.17, 15) is 27.5 Å². The van der Waals surface area contributed by atoms with Crippen LogP contribution in [0.3, 0.4) is 0 Å². The van der Waals surface area contributed by atoms with Crippen molar-refractivity contribution < 1.29 is 27.4 Å². The third-order valence-corrected chi connectivity index (χ3v) is 9.38. The van der Waals surface area contributed by atoms with E-state index >= 15 is 0 Å². The summed E-state index contributed by atoms with van der Waals surface area (Å²) in [7, 11) is -4.10. The molecule has 1 atom stereocenters. The topological polar surface area (TPSA) is 124 Å². The van der Waals surface area contributed by atoms with Crippen molar-refractivity contribution in [3.8, 4) is 5.75 Å². The van der Waals surface area contributed by atoms with Gasteiger partial charge in [0.15, 0.2) is 5.75 Å². The highest BCUT2D eigenvalue weighted by Gasteiger charge is 2.35. The molecule has 10 nitrogen and oxygen atoms in total. The van der Waals surface area contributed by atoms with Gasteiger partial charge in [-0.2, -0.15) is 0 Å². The monoisotopic (exact) mass is 602 g/mol. The van der Waals surface area contributed by atoms with Gasteiger partial charge in [0.1, 0.15) is 18.6 Å². The Kier molecular flexibility index (Phi) is 7.22. The van der Waals surface area contributed by atoms with Crippen LogP contribution in [0.25, 0.3) is 10.9 Å². The Hall–Kier alpha value is -4.97. The van der Waals surface area contributed by atoms with Crippen LogP contribution in [0.2, 0.25) is 0 Å². The van der Waals surface area contributed by atoms with Gasteiger partial charge in [-0.05, 0) is 61.4 Å². The number of fused-ring (bicyclic) bond motifs is 3. The highest BCUT2D eigenvalue weighted by atomic mass is 32.2. The summed E-state index contributed by atoms with van der Waals surface area (Å²) in [4.78, 5) is 31.3. The molecule has 1 unspecified atom stereocenters. The molecule has 0 saturated heterocycles. The summed E-state index contributed by atoms with van der Waals surface area (Å²) in [5, 5.41) is 10.9. The zero-order chi connectivity index (χ0) is 30.3. The number of benzene rings is 2. The normalized spacial score (nSPS) is 15.2. The van der Waals surface area contributed by atoms with Crippen LogP contribution in [0.5, 0.6) is 5.75 Å². The molecule has 6 rings (SSSR count). The number of hydrogen-bond acceptors (Lipinski definition) is 6. The molecule has 12 heteroatoms. The summed E-state index contributed by atoms with van der Waals surface area (Å²) in [5.41, 5.74) is 2.30. The molecule has 0 saturated carbocycles. The van der Waals surface area contributed by atoms with Crippen LogP contribution in [-0.4, -0.2) is 44.6 Å². The highest BCUT2D eigenvalue weighted by Crippen LogP contribution is 2.36. The van der Waals surface area contributed by atoms with Crippen LogP contribution in [0.4, 0.5) is 9.18 Å². The highest BCUT2D eigenvalue weighted by molar-refractivity contribution is 7.90. The van der Waals surface area contributed by atoms with Crippen molar-refractivity contribution in [3.63, 3.8) is 0 Å². The van der Waals surface area contributed by atoms with Crippen molar-refractivity contribution in [2.75, 3.05) is 6.54 Å². The third kappa shape index (κ3) is 5.14. The Morgan fingerprint density at radius 2 is 1.84 bits per heavy atom. The first kappa shape index (κ1) is 28.2. The maximum absolute atomic E-state index is 14.1. The Bertz CT molecular complexity index is 2000. The smallest absolute Gasteiger partial charge is 0.408 e. The van der Waals surface area contributed by atoms with E-state index in [1.54, 1.807) is 42.5 Å². The third-order valence-electron chi connectivity index (χ3n) is 7.61. The first-order chi connectivity index (χ1) is 20.6. The molecule has 4 heterocycles. The fourth-order valence-corrected chi connectivity index (χ4v) is 7.10. The van der Waals surface area contributed by atoms with Gasteiger partial charge in [-0.3, -0.25) is 19.2 Å². The lowest BCUT2D eigenvalue weighted by Crippen LogP contribution is -2.42. The largest absolute Gasteiger partial charge is 0.482 e. The fourth-order valence-electron chi connectivity index (χ4n) is 5.52. The molecule has 0 bridgehead atoms. The fraction of sp³-hybridized carbons (Fsp3) is 0.194. The van der Waals surface area contributed by atoms with E-state index in [1.165, 1.54) is 32.9 Å². The van der Waals surface area contributed by atoms with Gasteiger partial charge in [-0.15, -0.1) is 0 Å². The number of halogens is 1. The van der Waals surface area contributed by atoms with Crippen LogP contribution in [0.1, 0.15) is 28.7 Å². The summed E-state index contributed by atoms with van der Waals surface area (Å²) in [6, 6.07) is 19.3. The van der Waals surface area contributed by atoms with Gasteiger partial charge in [0.2, 0.25) is 0 Å². The number of rotatable bonds is 6. The van der Waals surface area contributed by atoms with Gasteiger partial charge < -0.3 is 9.84 Å². The van der Waals surface area contributed by atoms with Gasteiger partial charge in [0.05, 0.1) is 22.3 Å². The van der Waals surface area contributed by atoms with Crippen LogP contribution in [0.15, 0.2) is 94.9 Å². The second kappa shape index (κ2) is 11.0. The first-order valence-corrected chi connectivity index (χ1v) is 15.0. The number of nitrogens with zero attached hydrogens (tertiary/aromatic N) is 4. The van der Waals surface area contributed by atoms with Crippen LogP contribution in [-0.2, 0) is 29.5 Å². The van der Waals surface area contributed by atoms with Crippen molar-refractivity contribution in [2.45, 2.75) is 37.4 Å². The molecule has 5 aromatic rings. The number of carboxylic acid groups (broad SMARTS) is 1. The van der Waals surface area contributed by atoms with Crippen LogP contribution in [0, 0.1) is 12.7 Å². The van der Waals surface area contributed by atoms with E-state index in [-0.39, 0.29) is 36.6 Å². The van der Waals surface area contributed by atoms with Gasteiger partial charge >= 0.3 is 6.09 Å². The summed E-state index contributed by atoms with van der Waals surface area (Å²) >= 11 is 0. The molecule has 1 aliphatic heterocycles. The number of amides is 1. The molecule has 220 valence electrons. The van der Waals surface area contributed by atoms with Crippen LogP contribution < -0.4 is 10.3 Å². The van der Waals surface area contributed by atoms with E-state index in [1.807, 2.05) is 19.1 Å². The number of hydrogen-bond donors (Lipinski definition) is 1. The summed E-state index contributed by atoms with van der Waals surface area (Å²) in [6.07, 6.45) is 0.328. The van der Waals surface area contributed by atoms with E-state index in [4.69, 9.17) is 4.74 Å². The molecule has 0 fully saturated rings. The molecule has 3 aromatic heterocycles. The quantitative estimate of drug-likeness (QED) is 0.298. The maximum atomic E-state index is 14.1. The molecule has 0 radical (unpaired) electrons. The lowest BCUT2D eigenvalue weighted by Gasteiger charge is -2.29.